The average Bonchev–Trinajstić information content (AvgIpc) is 2.55. The van der Waals surface area contributed by atoms with Crippen LogP contribution in [-0.2, 0) is 9.47 Å². The molecule has 0 aliphatic carbocycles. The minimum atomic E-state index is -0.693. The molecule has 116 valence electrons. The fraction of sp³-hybridized carbons (Fsp3) is 0.188. The van der Waals surface area contributed by atoms with Crippen molar-refractivity contribution in [2.75, 3.05) is 19.8 Å². The van der Waals surface area contributed by atoms with Crippen LogP contribution in [0.1, 0.15) is 21.0 Å². The zero-order chi connectivity index (χ0) is 16.4. The molecule has 1 aromatic rings. The van der Waals surface area contributed by atoms with Gasteiger partial charge in [0.25, 0.3) is 0 Å². The van der Waals surface area contributed by atoms with E-state index in [-0.39, 0.29) is 37.0 Å². The maximum Gasteiger partial charge on any atom is 0.357 e. The van der Waals surface area contributed by atoms with Gasteiger partial charge in [-0.1, -0.05) is 38.0 Å². The van der Waals surface area contributed by atoms with Crippen molar-refractivity contribution in [3.63, 3.8) is 0 Å². The Labute approximate surface area is 128 Å². The van der Waals surface area contributed by atoms with Crippen molar-refractivity contribution in [2.24, 2.45) is 0 Å². The molecule has 0 radical (unpaired) electrons. The second-order valence-electron chi connectivity index (χ2n) is 3.95. The van der Waals surface area contributed by atoms with Crippen molar-refractivity contribution in [3.8, 4) is 5.75 Å². The molecule has 0 saturated heterocycles. The molecule has 0 unspecified atom stereocenters. The number of carbonyl (C=O) groups excluding carboxylic acids is 2. The van der Waals surface area contributed by atoms with Gasteiger partial charge in [0.05, 0.1) is 0 Å². The largest absolute Gasteiger partial charge is 0.489 e. The molecule has 1 rings (SSSR count). The molecule has 0 amide bonds. The summed E-state index contributed by atoms with van der Waals surface area (Å²) >= 11 is 0. The first kappa shape index (κ1) is 17.2. The normalized spacial score (nSPS) is 9.45. The number of pyridine rings is 1. The highest BCUT2D eigenvalue weighted by atomic mass is 16.5. The molecule has 6 nitrogen and oxygen atoms in total. The van der Waals surface area contributed by atoms with E-state index in [1.807, 2.05) is 0 Å². The first-order valence-electron chi connectivity index (χ1n) is 6.44. The summed E-state index contributed by atoms with van der Waals surface area (Å²) in [5.41, 5.74) is -0.122. The van der Waals surface area contributed by atoms with Crippen molar-refractivity contribution in [2.45, 2.75) is 0 Å². The monoisotopic (exact) mass is 303 g/mol. The summed E-state index contributed by atoms with van der Waals surface area (Å²) in [5, 5.41) is 0. The Morgan fingerprint density at radius 1 is 0.909 bits per heavy atom. The second kappa shape index (κ2) is 9.12. The third-order valence-electron chi connectivity index (χ3n) is 2.25. The maximum absolute atomic E-state index is 11.8. The van der Waals surface area contributed by atoms with Crippen molar-refractivity contribution >= 4 is 11.9 Å². The van der Waals surface area contributed by atoms with Gasteiger partial charge in [-0.05, 0) is 0 Å². The van der Waals surface area contributed by atoms with Crippen LogP contribution in [0.2, 0.25) is 0 Å². The Bertz CT molecular complexity index is 538. The summed E-state index contributed by atoms with van der Waals surface area (Å²) in [7, 11) is 0. The number of nitrogens with zero attached hydrogens (tertiary/aromatic N) is 1. The van der Waals surface area contributed by atoms with Crippen molar-refractivity contribution in [1.29, 1.82) is 0 Å². The lowest BCUT2D eigenvalue weighted by molar-refractivity contribution is 0.0533. The molecule has 0 bridgehead atoms. The van der Waals surface area contributed by atoms with Crippen LogP contribution < -0.4 is 4.74 Å². The number of hydrogen-bond donors (Lipinski definition) is 0. The van der Waals surface area contributed by atoms with E-state index in [1.165, 1.54) is 30.4 Å². The molecule has 0 spiro atoms. The first-order valence-corrected chi connectivity index (χ1v) is 6.44. The standard InChI is InChI=1S/C16H17NO5/c1-4-7-20-12-10-13(15(18)21-8-5-2)17-14(11-12)16(19)22-9-6-3/h4-6,10-11H,1-3,7-9H2. The molecule has 0 aromatic carbocycles. The van der Waals surface area contributed by atoms with E-state index in [0.717, 1.165) is 0 Å². The molecule has 0 N–H and O–H groups in total. The third-order valence-corrected chi connectivity index (χ3v) is 2.25. The minimum absolute atomic E-state index is 0.0362. The molecule has 22 heavy (non-hydrogen) atoms. The van der Waals surface area contributed by atoms with Gasteiger partial charge in [0.15, 0.2) is 11.4 Å². The highest BCUT2D eigenvalue weighted by Crippen LogP contribution is 2.16. The van der Waals surface area contributed by atoms with E-state index in [2.05, 4.69) is 24.7 Å². The van der Waals surface area contributed by atoms with E-state index >= 15 is 0 Å². The average molecular weight is 303 g/mol. The van der Waals surface area contributed by atoms with E-state index < -0.39 is 11.9 Å². The van der Waals surface area contributed by atoms with Gasteiger partial charge in [-0.2, -0.15) is 0 Å². The smallest absolute Gasteiger partial charge is 0.357 e. The lowest BCUT2D eigenvalue weighted by atomic mass is 10.2. The fourth-order valence-electron chi connectivity index (χ4n) is 1.37. The van der Waals surface area contributed by atoms with Crippen molar-refractivity contribution in [1.82, 2.24) is 4.98 Å². The van der Waals surface area contributed by atoms with Gasteiger partial charge in [0.2, 0.25) is 0 Å². The predicted molar refractivity (Wildman–Crippen MR) is 80.9 cm³/mol. The topological polar surface area (TPSA) is 74.7 Å². The molecular formula is C16H17NO5. The van der Waals surface area contributed by atoms with Gasteiger partial charge in [-0.3, -0.25) is 0 Å². The lowest BCUT2D eigenvalue weighted by Gasteiger charge is -2.09. The Hall–Kier alpha value is -2.89. The van der Waals surface area contributed by atoms with E-state index in [0.29, 0.717) is 0 Å². The van der Waals surface area contributed by atoms with Gasteiger partial charge in [-0.15, -0.1) is 0 Å². The van der Waals surface area contributed by atoms with Crippen LogP contribution in [0.3, 0.4) is 0 Å². The lowest BCUT2D eigenvalue weighted by Crippen LogP contribution is -2.14. The Morgan fingerprint density at radius 2 is 1.36 bits per heavy atom. The molecule has 6 heteroatoms. The molecular weight excluding hydrogens is 286 g/mol. The molecule has 0 aliphatic heterocycles. The highest BCUT2D eigenvalue weighted by Gasteiger charge is 2.17. The van der Waals surface area contributed by atoms with Crippen LogP contribution in [0, 0.1) is 0 Å². The van der Waals surface area contributed by atoms with Crippen molar-refractivity contribution < 1.29 is 23.8 Å². The summed E-state index contributed by atoms with van der Waals surface area (Å²) < 4.78 is 15.1. The third kappa shape index (κ3) is 5.24. The van der Waals surface area contributed by atoms with Crippen LogP contribution in [-0.4, -0.2) is 36.7 Å². The van der Waals surface area contributed by atoms with Crippen LogP contribution in [0.15, 0.2) is 50.1 Å². The maximum atomic E-state index is 11.8. The number of carbonyl (C=O) groups is 2. The summed E-state index contributed by atoms with van der Waals surface area (Å²) in [4.78, 5) is 27.6. The summed E-state index contributed by atoms with van der Waals surface area (Å²) in [6.45, 7) is 10.7. The van der Waals surface area contributed by atoms with Gasteiger partial charge in [0.1, 0.15) is 25.6 Å². The fourth-order valence-corrected chi connectivity index (χ4v) is 1.37. The zero-order valence-corrected chi connectivity index (χ0v) is 12.1. The number of rotatable bonds is 9. The highest BCUT2D eigenvalue weighted by molar-refractivity contribution is 5.92. The van der Waals surface area contributed by atoms with E-state index in [1.54, 1.807) is 0 Å². The molecule has 1 aromatic heterocycles. The molecule has 0 aliphatic rings. The second-order valence-corrected chi connectivity index (χ2v) is 3.95. The SMILES string of the molecule is C=CCOC(=O)c1cc(OCC=C)cc(C(=O)OCC=C)n1. The van der Waals surface area contributed by atoms with Gasteiger partial charge >= 0.3 is 11.9 Å². The molecule has 0 fully saturated rings. The van der Waals surface area contributed by atoms with E-state index in [4.69, 9.17) is 14.2 Å². The molecule has 1 heterocycles. The number of esters is 2. The number of hydrogen-bond acceptors (Lipinski definition) is 6. The minimum Gasteiger partial charge on any atom is -0.489 e. The van der Waals surface area contributed by atoms with Crippen LogP contribution in [0.4, 0.5) is 0 Å². The van der Waals surface area contributed by atoms with Gasteiger partial charge in [0, 0.05) is 12.1 Å². The zero-order valence-electron chi connectivity index (χ0n) is 12.1. The van der Waals surface area contributed by atoms with Crippen molar-refractivity contribution in [3.05, 3.63) is 61.5 Å². The molecule has 0 atom stereocenters. The van der Waals surface area contributed by atoms with Crippen LogP contribution in [0.5, 0.6) is 5.75 Å². The summed E-state index contributed by atoms with van der Waals surface area (Å²) in [5.74, 6) is -1.10. The quantitative estimate of drug-likeness (QED) is 0.515. The van der Waals surface area contributed by atoms with Gasteiger partial charge < -0.3 is 14.2 Å². The number of ether oxygens (including phenoxy) is 3. The van der Waals surface area contributed by atoms with Crippen LogP contribution >= 0.6 is 0 Å². The predicted octanol–water partition coefficient (Wildman–Crippen LogP) is 2.33. The number of aromatic nitrogens is 1. The van der Waals surface area contributed by atoms with Crippen LogP contribution in [0.25, 0.3) is 0 Å². The Balaban J connectivity index is 3.05. The summed E-state index contributed by atoms with van der Waals surface area (Å²) in [6, 6.07) is 2.75. The van der Waals surface area contributed by atoms with E-state index in [9.17, 15) is 9.59 Å². The summed E-state index contributed by atoms with van der Waals surface area (Å²) in [6.07, 6.45) is 4.39. The Kier molecular flexibility index (Phi) is 7.12. The Morgan fingerprint density at radius 3 is 1.77 bits per heavy atom. The molecule has 0 saturated carbocycles. The van der Waals surface area contributed by atoms with Gasteiger partial charge in [-0.25, -0.2) is 14.6 Å². The first-order chi connectivity index (χ1) is 10.6.